The summed E-state index contributed by atoms with van der Waals surface area (Å²) >= 11 is 0. The Kier molecular flexibility index (Phi) is 5.80. The Labute approximate surface area is 121 Å². The molecule has 0 aromatic rings. The maximum Gasteiger partial charge on any atom is 0.329 e. The summed E-state index contributed by atoms with van der Waals surface area (Å²) in [5, 5.41) is 12.0. The number of carboxylic acids is 1. The summed E-state index contributed by atoms with van der Waals surface area (Å²) in [6.45, 7) is 5.36. The highest BCUT2D eigenvalue weighted by Gasteiger charge is 2.36. The van der Waals surface area contributed by atoms with Crippen LogP contribution in [0.15, 0.2) is 0 Å². The molecule has 2 amide bonds. The number of nitrogens with zero attached hydrogens (tertiary/aromatic N) is 2. The Balaban J connectivity index is 2.66. The monoisotopic (exact) mass is 285 g/mol. The molecule has 0 aromatic heterocycles. The van der Waals surface area contributed by atoms with Crippen molar-refractivity contribution < 1.29 is 14.7 Å². The Morgan fingerprint density at radius 1 is 1.50 bits per heavy atom. The average molecular weight is 285 g/mol. The number of aliphatic carboxylic acids is 1. The third kappa shape index (κ3) is 4.10. The van der Waals surface area contributed by atoms with Gasteiger partial charge < -0.3 is 20.2 Å². The predicted octanol–water partition coefficient (Wildman–Crippen LogP) is 1.37. The Bertz CT molecular complexity index is 362. The minimum atomic E-state index is -1.19. The van der Waals surface area contributed by atoms with E-state index in [1.54, 1.807) is 18.9 Å². The lowest BCUT2D eigenvalue weighted by Crippen LogP contribution is -2.58. The Morgan fingerprint density at radius 2 is 2.15 bits per heavy atom. The number of carbonyl (C=O) groups excluding carboxylic acids is 1. The van der Waals surface area contributed by atoms with Crippen LogP contribution in [-0.2, 0) is 4.79 Å². The van der Waals surface area contributed by atoms with E-state index in [1.165, 1.54) is 0 Å². The summed E-state index contributed by atoms with van der Waals surface area (Å²) in [6, 6.07) is -0.155. The number of amides is 2. The van der Waals surface area contributed by atoms with Gasteiger partial charge in [0.25, 0.3) is 0 Å². The molecular weight excluding hydrogens is 258 g/mol. The van der Waals surface area contributed by atoms with Crippen molar-refractivity contribution in [2.75, 3.05) is 27.2 Å². The third-order valence-corrected chi connectivity index (χ3v) is 4.07. The summed E-state index contributed by atoms with van der Waals surface area (Å²) in [5.74, 6) is -0.984. The summed E-state index contributed by atoms with van der Waals surface area (Å²) in [7, 11) is 3.78. The number of rotatable bonds is 5. The number of hydrogen-bond acceptors (Lipinski definition) is 3. The first-order chi connectivity index (χ1) is 9.30. The van der Waals surface area contributed by atoms with E-state index in [9.17, 15) is 14.7 Å². The van der Waals surface area contributed by atoms with Gasteiger partial charge >= 0.3 is 12.0 Å². The smallest absolute Gasteiger partial charge is 0.329 e. The van der Waals surface area contributed by atoms with Crippen LogP contribution in [0.5, 0.6) is 0 Å². The molecule has 116 valence electrons. The van der Waals surface area contributed by atoms with Crippen LogP contribution >= 0.6 is 0 Å². The van der Waals surface area contributed by atoms with E-state index in [4.69, 9.17) is 0 Å². The molecular formula is C14H27N3O3. The van der Waals surface area contributed by atoms with Gasteiger partial charge in [0.2, 0.25) is 0 Å². The summed E-state index contributed by atoms with van der Waals surface area (Å²) in [4.78, 5) is 27.5. The van der Waals surface area contributed by atoms with Crippen molar-refractivity contribution in [3.63, 3.8) is 0 Å². The van der Waals surface area contributed by atoms with Crippen molar-refractivity contribution in [1.29, 1.82) is 0 Å². The van der Waals surface area contributed by atoms with Gasteiger partial charge in [-0.1, -0.05) is 13.3 Å². The lowest BCUT2D eigenvalue weighted by atomic mass is 9.96. The Morgan fingerprint density at radius 3 is 2.65 bits per heavy atom. The molecule has 0 bridgehead atoms. The maximum absolute atomic E-state index is 12.3. The van der Waals surface area contributed by atoms with Gasteiger partial charge in [0, 0.05) is 19.6 Å². The van der Waals surface area contributed by atoms with Gasteiger partial charge in [-0.2, -0.15) is 0 Å². The first-order valence-corrected chi connectivity index (χ1v) is 7.27. The fraction of sp³-hybridized carbons (Fsp3) is 0.857. The second-order valence-corrected chi connectivity index (χ2v) is 5.99. The van der Waals surface area contributed by atoms with Crippen molar-refractivity contribution >= 4 is 12.0 Å². The molecule has 2 N–H and O–H groups in total. The van der Waals surface area contributed by atoms with Crippen molar-refractivity contribution in [3.8, 4) is 0 Å². The second kappa shape index (κ2) is 6.92. The number of urea groups is 1. The van der Waals surface area contributed by atoms with Crippen molar-refractivity contribution in [2.45, 2.75) is 51.1 Å². The van der Waals surface area contributed by atoms with E-state index in [0.717, 1.165) is 25.9 Å². The van der Waals surface area contributed by atoms with E-state index >= 15 is 0 Å². The van der Waals surface area contributed by atoms with Crippen LogP contribution in [0.25, 0.3) is 0 Å². The number of likely N-dealkylation sites (tertiary alicyclic amines) is 1. The molecule has 0 aliphatic carbocycles. The van der Waals surface area contributed by atoms with Crippen molar-refractivity contribution in [3.05, 3.63) is 0 Å². The minimum absolute atomic E-state index is 0.147. The van der Waals surface area contributed by atoms with E-state index in [1.807, 2.05) is 14.0 Å². The molecule has 2 atom stereocenters. The molecule has 6 heteroatoms. The summed E-state index contributed by atoms with van der Waals surface area (Å²) in [6.07, 6.45) is 3.15. The number of carboxylic acid groups (broad SMARTS) is 1. The number of nitrogens with one attached hydrogen (secondary N) is 1. The molecule has 0 radical (unpaired) electrons. The van der Waals surface area contributed by atoms with E-state index in [0.29, 0.717) is 12.8 Å². The fourth-order valence-electron chi connectivity index (χ4n) is 2.67. The van der Waals surface area contributed by atoms with E-state index < -0.39 is 11.5 Å². The lowest BCUT2D eigenvalue weighted by molar-refractivity contribution is -0.144. The molecule has 0 aromatic carbocycles. The van der Waals surface area contributed by atoms with Crippen molar-refractivity contribution in [1.82, 2.24) is 15.1 Å². The standard InChI is InChI=1S/C14H27N3O3/c1-5-8-14(2,12(18)19)15-13(20)17(4)11-7-6-9-16(3)10-11/h11H,5-10H2,1-4H3,(H,15,20)(H,18,19). The van der Waals surface area contributed by atoms with Gasteiger partial charge in [0.1, 0.15) is 5.54 Å². The molecule has 0 saturated carbocycles. The molecule has 6 nitrogen and oxygen atoms in total. The van der Waals surface area contributed by atoms with Crippen LogP contribution < -0.4 is 5.32 Å². The molecule has 1 saturated heterocycles. The van der Waals surface area contributed by atoms with Crippen LogP contribution in [0.4, 0.5) is 4.79 Å². The molecule has 2 unspecified atom stereocenters. The maximum atomic E-state index is 12.3. The number of hydrogen-bond donors (Lipinski definition) is 2. The topological polar surface area (TPSA) is 72.9 Å². The van der Waals surface area contributed by atoms with Gasteiger partial charge in [-0.05, 0) is 39.8 Å². The molecule has 1 heterocycles. The van der Waals surface area contributed by atoms with Crippen molar-refractivity contribution in [2.24, 2.45) is 0 Å². The van der Waals surface area contributed by atoms with Gasteiger partial charge in [-0.3, -0.25) is 0 Å². The molecule has 1 aliphatic heterocycles. The summed E-state index contributed by atoms with van der Waals surface area (Å²) < 4.78 is 0. The molecule has 1 fully saturated rings. The predicted molar refractivity (Wildman–Crippen MR) is 77.8 cm³/mol. The first-order valence-electron chi connectivity index (χ1n) is 7.27. The molecule has 0 spiro atoms. The average Bonchev–Trinajstić information content (AvgIpc) is 2.37. The normalized spacial score (nSPS) is 22.9. The zero-order valence-corrected chi connectivity index (χ0v) is 13.0. The van der Waals surface area contributed by atoms with Crippen LogP contribution in [0, 0.1) is 0 Å². The molecule has 1 aliphatic rings. The van der Waals surface area contributed by atoms with Crippen LogP contribution in [-0.4, -0.2) is 65.7 Å². The third-order valence-electron chi connectivity index (χ3n) is 4.07. The Hall–Kier alpha value is -1.30. The number of piperidine rings is 1. The lowest BCUT2D eigenvalue weighted by Gasteiger charge is -2.37. The van der Waals surface area contributed by atoms with Gasteiger partial charge in [0.15, 0.2) is 0 Å². The van der Waals surface area contributed by atoms with E-state index in [2.05, 4.69) is 10.2 Å². The second-order valence-electron chi connectivity index (χ2n) is 5.99. The SMILES string of the molecule is CCCC(C)(NC(=O)N(C)C1CCCN(C)C1)C(=O)O. The van der Waals surface area contributed by atoms with Crippen LogP contribution in [0.1, 0.15) is 39.5 Å². The summed E-state index contributed by atoms with van der Waals surface area (Å²) in [5.41, 5.74) is -1.19. The van der Waals surface area contributed by atoms with Crippen LogP contribution in [0.3, 0.4) is 0 Å². The molecule has 20 heavy (non-hydrogen) atoms. The number of likely N-dealkylation sites (N-methyl/N-ethyl adjacent to an activating group) is 2. The highest BCUT2D eigenvalue weighted by Crippen LogP contribution is 2.16. The zero-order chi connectivity index (χ0) is 15.3. The number of carbonyl (C=O) groups is 2. The minimum Gasteiger partial charge on any atom is -0.480 e. The van der Waals surface area contributed by atoms with Gasteiger partial charge in [-0.25, -0.2) is 9.59 Å². The highest BCUT2D eigenvalue weighted by atomic mass is 16.4. The van der Waals surface area contributed by atoms with Gasteiger partial charge in [0.05, 0.1) is 0 Å². The molecule has 1 rings (SSSR count). The van der Waals surface area contributed by atoms with Gasteiger partial charge in [-0.15, -0.1) is 0 Å². The first kappa shape index (κ1) is 16.8. The quantitative estimate of drug-likeness (QED) is 0.800. The fourth-order valence-corrected chi connectivity index (χ4v) is 2.67. The highest BCUT2D eigenvalue weighted by molar-refractivity contribution is 5.85. The van der Waals surface area contributed by atoms with E-state index in [-0.39, 0.29) is 12.1 Å². The largest absolute Gasteiger partial charge is 0.480 e. The van der Waals surface area contributed by atoms with Crippen LogP contribution in [0.2, 0.25) is 0 Å². The zero-order valence-electron chi connectivity index (χ0n) is 13.0.